The Morgan fingerprint density at radius 3 is 2.53 bits per heavy atom. The summed E-state index contributed by atoms with van der Waals surface area (Å²) in [6.45, 7) is 2.71. The Kier molecular flexibility index (Phi) is 3.44. The summed E-state index contributed by atoms with van der Waals surface area (Å²) in [5, 5.41) is 4.23. The fourth-order valence-electron chi connectivity index (χ4n) is 1.73. The van der Waals surface area contributed by atoms with E-state index in [0.717, 1.165) is 17.0 Å². The molecule has 0 amide bonds. The molecule has 0 aliphatic heterocycles. The average molecular weight is 231 g/mol. The number of hydrogen-bond donors (Lipinski definition) is 1. The lowest BCUT2D eigenvalue weighted by Gasteiger charge is -2.13. The van der Waals surface area contributed by atoms with Crippen LogP contribution in [0.25, 0.3) is 0 Å². The van der Waals surface area contributed by atoms with Gasteiger partial charge in [-0.05, 0) is 30.7 Å². The van der Waals surface area contributed by atoms with Crippen molar-refractivity contribution in [1.29, 1.82) is 0 Å². The van der Waals surface area contributed by atoms with Crippen molar-refractivity contribution >= 4 is 0 Å². The number of hydrogen-bond acceptors (Lipinski definition) is 3. The molecule has 0 radical (unpaired) electrons. The lowest BCUT2D eigenvalue weighted by Crippen LogP contribution is -2.19. The van der Waals surface area contributed by atoms with Gasteiger partial charge >= 0.3 is 0 Å². The summed E-state index contributed by atoms with van der Waals surface area (Å²) in [5.41, 5.74) is 8.35. The van der Waals surface area contributed by atoms with Crippen LogP contribution in [0.2, 0.25) is 0 Å². The second-order valence-electron chi connectivity index (χ2n) is 4.03. The van der Waals surface area contributed by atoms with Crippen LogP contribution < -0.4 is 10.5 Å². The van der Waals surface area contributed by atoms with Crippen molar-refractivity contribution in [2.75, 3.05) is 7.11 Å². The Balaban J connectivity index is 2.09. The zero-order valence-electron chi connectivity index (χ0n) is 10.1. The summed E-state index contributed by atoms with van der Waals surface area (Å²) in [4.78, 5) is 0. The number of benzene rings is 1. The maximum atomic E-state index is 6.14. The zero-order valence-corrected chi connectivity index (χ0v) is 10.1. The molecule has 1 atom stereocenters. The molecule has 4 nitrogen and oxygen atoms in total. The van der Waals surface area contributed by atoms with Gasteiger partial charge in [-0.3, -0.25) is 4.68 Å². The van der Waals surface area contributed by atoms with Crippen LogP contribution in [-0.4, -0.2) is 16.9 Å². The summed E-state index contributed by atoms with van der Waals surface area (Å²) in [7, 11) is 1.65. The van der Waals surface area contributed by atoms with Crippen molar-refractivity contribution in [3.63, 3.8) is 0 Å². The van der Waals surface area contributed by atoms with E-state index in [0.29, 0.717) is 6.54 Å². The van der Waals surface area contributed by atoms with Crippen molar-refractivity contribution in [2.45, 2.75) is 19.5 Å². The highest BCUT2D eigenvalue weighted by Gasteiger charge is 2.08. The fraction of sp³-hybridized carbons (Fsp3) is 0.308. The van der Waals surface area contributed by atoms with Crippen LogP contribution in [0, 0.1) is 6.92 Å². The van der Waals surface area contributed by atoms with Gasteiger partial charge in [0.2, 0.25) is 0 Å². The minimum Gasteiger partial charge on any atom is -0.497 e. The van der Waals surface area contributed by atoms with Crippen molar-refractivity contribution < 1.29 is 4.74 Å². The van der Waals surface area contributed by atoms with Gasteiger partial charge in [0.25, 0.3) is 0 Å². The molecule has 2 rings (SSSR count). The van der Waals surface area contributed by atoms with E-state index < -0.39 is 0 Å². The van der Waals surface area contributed by atoms with E-state index in [1.54, 1.807) is 13.3 Å². The largest absolute Gasteiger partial charge is 0.497 e. The summed E-state index contributed by atoms with van der Waals surface area (Å²) >= 11 is 0. The highest BCUT2D eigenvalue weighted by molar-refractivity contribution is 5.28. The molecule has 17 heavy (non-hydrogen) atoms. The maximum absolute atomic E-state index is 6.14. The molecule has 0 saturated heterocycles. The quantitative estimate of drug-likeness (QED) is 0.874. The van der Waals surface area contributed by atoms with E-state index in [-0.39, 0.29) is 6.04 Å². The van der Waals surface area contributed by atoms with Gasteiger partial charge in [0, 0.05) is 17.9 Å². The molecule has 2 aromatic rings. The third-order valence-corrected chi connectivity index (χ3v) is 2.84. The SMILES string of the molecule is COc1ccc(C(N)Cn2nccc2C)cc1. The molecular weight excluding hydrogens is 214 g/mol. The Hall–Kier alpha value is -1.81. The number of nitrogens with two attached hydrogens (primary N) is 1. The molecule has 0 saturated carbocycles. The number of aryl methyl sites for hydroxylation is 1. The van der Waals surface area contributed by atoms with Crippen LogP contribution in [0.3, 0.4) is 0 Å². The van der Waals surface area contributed by atoms with Crippen LogP contribution in [0.1, 0.15) is 17.3 Å². The molecule has 1 unspecified atom stereocenters. The molecular formula is C13H17N3O. The van der Waals surface area contributed by atoms with Crippen LogP contribution >= 0.6 is 0 Å². The standard InChI is InChI=1S/C13H17N3O/c1-10-7-8-15-16(10)9-13(14)11-3-5-12(17-2)6-4-11/h3-8,13H,9,14H2,1-2H3. The first-order valence-corrected chi connectivity index (χ1v) is 5.58. The molecule has 0 spiro atoms. The summed E-state index contributed by atoms with van der Waals surface area (Å²) in [6.07, 6.45) is 1.79. The summed E-state index contributed by atoms with van der Waals surface area (Å²) in [5.74, 6) is 0.844. The van der Waals surface area contributed by atoms with Gasteiger partial charge in [-0.25, -0.2) is 0 Å². The number of ether oxygens (including phenoxy) is 1. The normalized spacial score (nSPS) is 12.4. The highest BCUT2D eigenvalue weighted by Crippen LogP contribution is 2.17. The van der Waals surface area contributed by atoms with Crippen molar-refractivity contribution in [2.24, 2.45) is 5.73 Å². The van der Waals surface area contributed by atoms with Gasteiger partial charge in [-0.2, -0.15) is 5.10 Å². The third kappa shape index (κ3) is 2.65. The predicted molar refractivity (Wildman–Crippen MR) is 66.9 cm³/mol. The zero-order chi connectivity index (χ0) is 12.3. The lowest BCUT2D eigenvalue weighted by atomic mass is 10.1. The second kappa shape index (κ2) is 5.01. The number of aromatic nitrogens is 2. The van der Waals surface area contributed by atoms with Crippen molar-refractivity contribution in [3.8, 4) is 5.75 Å². The van der Waals surface area contributed by atoms with E-state index in [4.69, 9.17) is 10.5 Å². The third-order valence-electron chi connectivity index (χ3n) is 2.84. The number of nitrogens with zero attached hydrogens (tertiary/aromatic N) is 2. The molecule has 0 aliphatic carbocycles. The van der Waals surface area contributed by atoms with Crippen LogP contribution in [0.15, 0.2) is 36.5 Å². The van der Waals surface area contributed by atoms with Gasteiger partial charge < -0.3 is 10.5 Å². The first kappa shape index (κ1) is 11.7. The van der Waals surface area contributed by atoms with E-state index in [1.165, 1.54) is 0 Å². The summed E-state index contributed by atoms with van der Waals surface area (Å²) < 4.78 is 7.03. The lowest BCUT2D eigenvalue weighted by molar-refractivity contribution is 0.414. The molecule has 90 valence electrons. The van der Waals surface area contributed by atoms with Crippen LogP contribution in [-0.2, 0) is 6.54 Å². The van der Waals surface area contributed by atoms with E-state index in [1.807, 2.05) is 41.9 Å². The number of rotatable bonds is 4. The van der Waals surface area contributed by atoms with Gasteiger partial charge in [0.1, 0.15) is 5.75 Å². The van der Waals surface area contributed by atoms with E-state index in [9.17, 15) is 0 Å². The molecule has 0 fully saturated rings. The second-order valence-corrected chi connectivity index (χ2v) is 4.03. The van der Waals surface area contributed by atoms with Gasteiger partial charge in [0.15, 0.2) is 0 Å². The smallest absolute Gasteiger partial charge is 0.118 e. The molecule has 1 aromatic carbocycles. The first-order valence-electron chi connectivity index (χ1n) is 5.58. The Morgan fingerprint density at radius 2 is 2.00 bits per heavy atom. The molecule has 0 bridgehead atoms. The monoisotopic (exact) mass is 231 g/mol. The maximum Gasteiger partial charge on any atom is 0.118 e. The summed E-state index contributed by atoms with van der Waals surface area (Å²) in [6, 6.07) is 9.74. The molecule has 2 N–H and O–H groups in total. The van der Waals surface area contributed by atoms with Gasteiger partial charge in [-0.1, -0.05) is 12.1 Å². The Morgan fingerprint density at radius 1 is 1.29 bits per heavy atom. The molecule has 1 aromatic heterocycles. The fourth-order valence-corrected chi connectivity index (χ4v) is 1.73. The van der Waals surface area contributed by atoms with Gasteiger partial charge in [-0.15, -0.1) is 0 Å². The van der Waals surface area contributed by atoms with Crippen LogP contribution in [0.4, 0.5) is 0 Å². The predicted octanol–water partition coefficient (Wildman–Crippen LogP) is 1.90. The van der Waals surface area contributed by atoms with Crippen molar-refractivity contribution in [3.05, 3.63) is 47.8 Å². The average Bonchev–Trinajstić information content (AvgIpc) is 2.75. The van der Waals surface area contributed by atoms with Crippen LogP contribution in [0.5, 0.6) is 5.75 Å². The minimum absolute atomic E-state index is 0.0560. The highest BCUT2D eigenvalue weighted by atomic mass is 16.5. The topological polar surface area (TPSA) is 53.1 Å². The molecule has 1 heterocycles. The van der Waals surface area contributed by atoms with E-state index in [2.05, 4.69) is 5.10 Å². The van der Waals surface area contributed by atoms with E-state index >= 15 is 0 Å². The molecule has 4 heteroatoms. The molecule has 0 aliphatic rings. The Labute approximate surface area is 101 Å². The first-order chi connectivity index (χ1) is 8.20. The van der Waals surface area contributed by atoms with Crippen molar-refractivity contribution in [1.82, 2.24) is 9.78 Å². The minimum atomic E-state index is -0.0560. The number of methoxy groups -OCH3 is 1. The Bertz CT molecular complexity index is 476. The van der Waals surface area contributed by atoms with Gasteiger partial charge in [0.05, 0.1) is 13.7 Å².